The van der Waals surface area contributed by atoms with Crippen LogP contribution in [-0.2, 0) is 10.0 Å². The Hall–Kier alpha value is -0.940. The quantitative estimate of drug-likeness (QED) is 0.707. The van der Waals surface area contributed by atoms with E-state index in [4.69, 9.17) is 0 Å². The lowest BCUT2D eigenvalue weighted by atomic mass is 10.0. The predicted molar refractivity (Wildman–Crippen MR) is 79.5 cm³/mol. The van der Waals surface area contributed by atoms with E-state index in [-0.39, 0.29) is 4.90 Å². The zero-order valence-electron chi connectivity index (χ0n) is 12.2. The van der Waals surface area contributed by atoms with Gasteiger partial charge in [-0.1, -0.05) is 39.5 Å². The molecule has 0 saturated heterocycles. The number of halogens is 1. The number of nitrogens with one attached hydrogen (secondary N) is 1. The van der Waals surface area contributed by atoms with E-state index in [1.54, 1.807) is 0 Å². The van der Waals surface area contributed by atoms with Gasteiger partial charge in [-0.25, -0.2) is 17.5 Å². The topological polar surface area (TPSA) is 46.2 Å². The van der Waals surface area contributed by atoms with Crippen LogP contribution in [0.25, 0.3) is 0 Å². The van der Waals surface area contributed by atoms with Gasteiger partial charge in [0.1, 0.15) is 5.82 Å². The molecule has 1 aromatic carbocycles. The number of rotatable bonds is 9. The molecule has 0 atom stereocenters. The minimum atomic E-state index is -3.50. The molecule has 0 aliphatic carbocycles. The van der Waals surface area contributed by atoms with E-state index in [1.807, 2.05) is 0 Å². The van der Waals surface area contributed by atoms with Crippen molar-refractivity contribution in [1.82, 2.24) is 4.72 Å². The van der Waals surface area contributed by atoms with Crippen LogP contribution in [0.4, 0.5) is 4.39 Å². The fourth-order valence-corrected chi connectivity index (χ4v) is 3.01. The van der Waals surface area contributed by atoms with Crippen LogP contribution in [0.15, 0.2) is 29.2 Å². The lowest BCUT2D eigenvalue weighted by Gasteiger charge is -2.07. The first-order chi connectivity index (χ1) is 9.42. The summed E-state index contributed by atoms with van der Waals surface area (Å²) in [5.41, 5.74) is 0. The van der Waals surface area contributed by atoms with Crippen molar-refractivity contribution in [1.29, 1.82) is 0 Å². The first-order valence-corrected chi connectivity index (χ1v) is 8.65. The van der Waals surface area contributed by atoms with Gasteiger partial charge in [-0.05, 0) is 36.6 Å². The van der Waals surface area contributed by atoms with Crippen molar-refractivity contribution in [3.8, 4) is 0 Å². The Bertz CT molecular complexity index is 483. The lowest BCUT2D eigenvalue weighted by Crippen LogP contribution is -2.24. The van der Waals surface area contributed by atoms with Crippen molar-refractivity contribution in [3.05, 3.63) is 30.1 Å². The number of benzene rings is 1. The van der Waals surface area contributed by atoms with Gasteiger partial charge in [0.2, 0.25) is 10.0 Å². The van der Waals surface area contributed by atoms with Crippen LogP contribution in [-0.4, -0.2) is 15.0 Å². The molecule has 0 spiro atoms. The zero-order chi connectivity index (χ0) is 15.0. The summed E-state index contributed by atoms with van der Waals surface area (Å²) >= 11 is 0. The third-order valence-corrected chi connectivity index (χ3v) is 4.60. The standard InChI is InChI=1S/C15H24FNO2S/c1-13(2)7-5-3-4-6-12-17-20(18,19)15-10-8-14(16)9-11-15/h8-11,13,17H,3-7,12H2,1-2H3. The minimum Gasteiger partial charge on any atom is -0.211 e. The van der Waals surface area contributed by atoms with E-state index >= 15 is 0 Å². The van der Waals surface area contributed by atoms with Gasteiger partial charge in [0.25, 0.3) is 0 Å². The molecule has 0 amide bonds. The van der Waals surface area contributed by atoms with Gasteiger partial charge in [-0.2, -0.15) is 0 Å². The molecule has 0 radical (unpaired) electrons. The lowest BCUT2D eigenvalue weighted by molar-refractivity contribution is 0.517. The second-order valence-corrected chi connectivity index (χ2v) is 7.22. The molecule has 3 nitrogen and oxygen atoms in total. The molecule has 0 aliphatic heterocycles. The highest BCUT2D eigenvalue weighted by molar-refractivity contribution is 7.89. The van der Waals surface area contributed by atoms with Gasteiger partial charge in [0, 0.05) is 6.54 Å². The Morgan fingerprint density at radius 3 is 2.25 bits per heavy atom. The molecule has 20 heavy (non-hydrogen) atoms. The van der Waals surface area contributed by atoms with Crippen molar-refractivity contribution >= 4 is 10.0 Å². The van der Waals surface area contributed by atoms with Crippen LogP contribution in [0.2, 0.25) is 0 Å². The molecule has 1 N–H and O–H groups in total. The Labute approximate surface area is 121 Å². The predicted octanol–water partition coefficient (Wildman–Crippen LogP) is 3.71. The van der Waals surface area contributed by atoms with Crippen LogP contribution in [0.3, 0.4) is 0 Å². The maximum atomic E-state index is 12.7. The number of sulfonamides is 1. The first kappa shape index (κ1) is 17.1. The number of hydrogen-bond acceptors (Lipinski definition) is 2. The maximum absolute atomic E-state index is 12.7. The van der Waals surface area contributed by atoms with E-state index in [1.165, 1.54) is 25.0 Å². The van der Waals surface area contributed by atoms with Crippen LogP contribution in [0, 0.1) is 11.7 Å². The highest BCUT2D eigenvalue weighted by atomic mass is 32.2. The van der Waals surface area contributed by atoms with Crippen LogP contribution >= 0.6 is 0 Å². The average Bonchev–Trinajstić information content (AvgIpc) is 2.37. The fraction of sp³-hybridized carbons (Fsp3) is 0.600. The average molecular weight is 301 g/mol. The van der Waals surface area contributed by atoms with Gasteiger partial charge in [-0.15, -0.1) is 0 Å². The third-order valence-electron chi connectivity index (χ3n) is 3.12. The molecule has 0 aromatic heterocycles. The van der Waals surface area contributed by atoms with E-state index in [0.29, 0.717) is 6.54 Å². The van der Waals surface area contributed by atoms with Crippen LogP contribution in [0.5, 0.6) is 0 Å². The van der Waals surface area contributed by atoms with Gasteiger partial charge in [0.05, 0.1) is 4.90 Å². The van der Waals surface area contributed by atoms with Crippen LogP contribution < -0.4 is 4.72 Å². The molecule has 1 aromatic rings. The number of unbranched alkanes of at least 4 members (excludes halogenated alkanes) is 3. The molecule has 1 rings (SSSR count). The number of hydrogen-bond donors (Lipinski definition) is 1. The van der Waals surface area contributed by atoms with Crippen molar-refractivity contribution in [3.63, 3.8) is 0 Å². The molecule has 0 unspecified atom stereocenters. The van der Waals surface area contributed by atoms with Gasteiger partial charge in [0.15, 0.2) is 0 Å². The van der Waals surface area contributed by atoms with E-state index in [9.17, 15) is 12.8 Å². The largest absolute Gasteiger partial charge is 0.240 e. The molecule has 0 saturated carbocycles. The monoisotopic (exact) mass is 301 g/mol. The minimum absolute atomic E-state index is 0.110. The zero-order valence-corrected chi connectivity index (χ0v) is 13.0. The summed E-state index contributed by atoms with van der Waals surface area (Å²) in [5, 5.41) is 0. The summed E-state index contributed by atoms with van der Waals surface area (Å²) in [6.07, 6.45) is 5.41. The summed E-state index contributed by atoms with van der Waals surface area (Å²) in [6.45, 7) is 4.84. The maximum Gasteiger partial charge on any atom is 0.240 e. The van der Waals surface area contributed by atoms with Gasteiger partial charge in [-0.3, -0.25) is 0 Å². The summed E-state index contributed by atoms with van der Waals surface area (Å²) in [6, 6.07) is 4.86. The SMILES string of the molecule is CC(C)CCCCCCNS(=O)(=O)c1ccc(F)cc1. The third kappa shape index (κ3) is 6.48. The van der Waals surface area contributed by atoms with Crippen molar-refractivity contribution in [2.24, 2.45) is 5.92 Å². The Balaban J connectivity index is 2.25. The summed E-state index contributed by atoms with van der Waals surface area (Å²) in [7, 11) is -3.50. The summed E-state index contributed by atoms with van der Waals surface area (Å²) in [5.74, 6) is 0.293. The van der Waals surface area contributed by atoms with Crippen LogP contribution in [0.1, 0.15) is 46.0 Å². The Morgan fingerprint density at radius 1 is 1.05 bits per heavy atom. The second-order valence-electron chi connectivity index (χ2n) is 5.45. The normalized spacial score (nSPS) is 12.0. The Kier molecular flexibility index (Phi) is 7.16. The molecule has 114 valence electrons. The van der Waals surface area contributed by atoms with E-state index in [0.717, 1.165) is 37.3 Å². The second kappa shape index (κ2) is 8.37. The van der Waals surface area contributed by atoms with Gasteiger partial charge >= 0.3 is 0 Å². The van der Waals surface area contributed by atoms with E-state index in [2.05, 4.69) is 18.6 Å². The smallest absolute Gasteiger partial charge is 0.211 e. The highest BCUT2D eigenvalue weighted by Crippen LogP contribution is 2.11. The highest BCUT2D eigenvalue weighted by Gasteiger charge is 2.12. The van der Waals surface area contributed by atoms with Crippen molar-refractivity contribution in [2.45, 2.75) is 50.8 Å². The van der Waals surface area contributed by atoms with Crippen molar-refractivity contribution in [2.75, 3.05) is 6.54 Å². The van der Waals surface area contributed by atoms with Crippen molar-refractivity contribution < 1.29 is 12.8 Å². The molecule has 0 heterocycles. The molecule has 0 fully saturated rings. The first-order valence-electron chi connectivity index (χ1n) is 7.17. The molecular formula is C15H24FNO2S. The fourth-order valence-electron chi connectivity index (χ4n) is 1.93. The van der Waals surface area contributed by atoms with Gasteiger partial charge < -0.3 is 0 Å². The molecular weight excluding hydrogens is 277 g/mol. The van der Waals surface area contributed by atoms with E-state index < -0.39 is 15.8 Å². The summed E-state index contributed by atoms with van der Waals surface area (Å²) in [4.78, 5) is 0.110. The molecule has 5 heteroatoms. The molecule has 0 aliphatic rings. The summed E-state index contributed by atoms with van der Waals surface area (Å²) < 4.78 is 39.1. The molecule has 0 bridgehead atoms. The Morgan fingerprint density at radius 2 is 1.65 bits per heavy atom.